The van der Waals surface area contributed by atoms with E-state index in [9.17, 15) is 4.79 Å². The third-order valence-corrected chi connectivity index (χ3v) is 3.25. The molecule has 0 bridgehead atoms. The first kappa shape index (κ1) is 11.1. The van der Waals surface area contributed by atoms with Gasteiger partial charge in [-0.15, -0.1) is 0 Å². The van der Waals surface area contributed by atoms with Crippen molar-refractivity contribution in [2.24, 2.45) is 0 Å². The molecule has 0 radical (unpaired) electrons. The third kappa shape index (κ3) is 1.71. The van der Waals surface area contributed by atoms with E-state index in [0.29, 0.717) is 5.56 Å². The molecular formula is C13H11BrO2. The Labute approximate surface area is 102 Å². The van der Waals surface area contributed by atoms with Crippen LogP contribution < -0.4 is 0 Å². The molecule has 0 aliphatic rings. The number of fused-ring (bicyclic) bond motifs is 1. The Hall–Kier alpha value is -1.35. The first-order chi connectivity index (χ1) is 7.65. The summed E-state index contributed by atoms with van der Waals surface area (Å²) in [6, 6.07) is 9.78. The summed E-state index contributed by atoms with van der Waals surface area (Å²) < 4.78 is 5.73. The minimum atomic E-state index is -0.296. The summed E-state index contributed by atoms with van der Waals surface area (Å²) in [6.07, 6.45) is 0. The quantitative estimate of drug-likeness (QED) is 0.744. The summed E-state index contributed by atoms with van der Waals surface area (Å²) in [5.74, 6) is -0.296. The minimum absolute atomic E-state index is 0.296. The Morgan fingerprint density at radius 1 is 1.25 bits per heavy atom. The van der Waals surface area contributed by atoms with E-state index < -0.39 is 0 Å². The van der Waals surface area contributed by atoms with Crippen LogP contribution in [0.25, 0.3) is 10.8 Å². The van der Waals surface area contributed by atoms with Gasteiger partial charge >= 0.3 is 5.97 Å². The Morgan fingerprint density at radius 2 is 2.00 bits per heavy atom. The van der Waals surface area contributed by atoms with Crippen molar-refractivity contribution >= 4 is 32.7 Å². The number of halogens is 1. The number of esters is 1. The first-order valence-electron chi connectivity index (χ1n) is 4.91. The lowest BCUT2D eigenvalue weighted by atomic mass is 10.00. The van der Waals surface area contributed by atoms with Crippen LogP contribution >= 0.6 is 15.9 Å². The van der Waals surface area contributed by atoms with E-state index in [1.165, 1.54) is 7.11 Å². The fraction of sp³-hybridized carbons (Fsp3) is 0.154. The molecule has 0 heterocycles. The van der Waals surface area contributed by atoms with Crippen molar-refractivity contribution in [1.82, 2.24) is 0 Å². The lowest BCUT2D eigenvalue weighted by Gasteiger charge is -2.09. The molecule has 2 aromatic carbocycles. The van der Waals surface area contributed by atoms with Crippen molar-refractivity contribution in [2.75, 3.05) is 7.11 Å². The maximum Gasteiger partial charge on any atom is 0.338 e. The lowest BCUT2D eigenvalue weighted by molar-refractivity contribution is 0.0602. The molecule has 0 aliphatic carbocycles. The lowest BCUT2D eigenvalue weighted by Crippen LogP contribution is -2.05. The summed E-state index contributed by atoms with van der Waals surface area (Å²) in [6.45, 7) is 1.91. The molecule has 3 heteroatoms. The van der Waals surface area contributed by atoms with Gasteiger partial charge in [0.1, 0.15) is 0 Å². The molecule has 0 saturated heterocycles. The molecule has 16 heavy (non-hydrogen) atoms. The van der Waals surface area contributed by atoms with Crippen molar-refractivity contribution in [2.45, 2.75) is 6.92 Å². The standard InChI is InChI=1S/C13H11BrO2/c1-8-6-7-9-4-3-5-10(14)12(9)11(8)13(15)16-2/h3-7H,1-2H3. The second-order valence-electron chi connectivity index (χ2n) is 3.59. The van der Waals surface area contributed by atoms with Crippen LogP contribution in [-0.2, 0) is 4.74 Å². The first-order valence-corrected chi connectivity index (χ1v) is 5.70. The summed E-state index contributed by atoms with van der Waals surface area (Å²) >= 11 is 3.47. The van der Waals surface area contributed by atoms with Gasteiger partial charge in [0, 0.05) is 9.86 Å². The van der Waals surface area contributed by atoms with E-state index in [-0.39, 0.29) is 5.97 Å². The van der Waals surface area contributed by atoms with Crippen LogP contribution in [0.5, 0.6) is 0 Å². The number of hydrogen-bond donors (Lipinski definition) is 0. The van der Waals surface area contributed by atoms with Gasteiger partial charge in [0.2, 0.25) is 0 Å². The molecule has 0 amide bonds. The molecule has 0 atom stereocenters. The zero-order valence-electron chi connectivity index (χ0n) is 9.08. The van der Waals surface area contributed by atoms with Gasteiger partial charge in [0.05, 0.1) is 12.7 Å². The Bertz CT molecular complexity index is 561. The fourth-order valence-electron chi connectivity index (χ4n) is 1.80. The zero-order valence-corrected chi connectivity index (χ0v) is 10.7. The number of methoxy groups -OCH3 is 1. The average Bonchev–Trinajstić information content (AvgIpc) is 2.29. The Morgan fingerprint density at radius 3 is 2.69 bits per heavy atom. The van der Waals surface area contributed by atoms with E-state index in [1.807, 2.05) is 37.3 Å². The summed E-state index contributed by atoms with van der Waals surface area (Å²) in [5.41, 5.74) is 1.55. The summed E-state index contributed by atoms with van der Waals surface area (Å²) in [7, 11) is 1.40. The van der Waals surface area contributed by atoms with Crippen LogP contribution in [0.4, 0.5) is 0 Å². The van der Waals surface area contributed by atoms with E-state index in [1.54, 1.807) is 0 Å². The monoisotopic (exact) mass is 278 g/mol. The van der Waals surface area contributed by atoms with Crippen molar-refractivity contribution < 1.29 is 9.53 Å². The molecular weight excluding hydrogens is 268 g/mol. The molecule has 82 valence electrons. The van der Waals surface area contributed by atoms with E-state index >= 15 is 0 Å². The van der Waals surface area contributed by atoms with Crippen LogP contribution in [0, 0.1) is 6.92 Å². The number of rotatable bonds is 1. The van der Waals surface area contributed by atoms with Crippen LogP contribution in [0.15, 0.2) is 34.8 Å². The van der Waals surface area contributed by atoms with Crippen LogP contribution in [-0.4, -0.2) is 13.1 Å². The maximum atomic E-state index is 11.8. The molecule has 0 aliphatic heterocycles. The van der Waals surface area contributed by atoms with Crippen molar-refractivity contribution in [3.8, 4) is 0 Å². The van der Waals surface area contributed by atoms with Gasteiger partial charge < -0.3 is 4.74 Å². The molecule has 0 saturated carbocycles. The smallest absolute Gasteiger partial charge is 0.338 e. The second-order valence-corrected chi connectivity index (χ2v) is 4.44. The Balaban J connectivity index is 2.88. The highest BCUT2D eigenvalue weighted by atomic mass is 79.9. The van der Waals surface area contributed by atoms with Gasteiger partial charge in [-0.2, -0.15) is 0 Å². The van der Waals surface area contributed by atoms with E-state index in [4.69, 9.17) is 4.74 Å². The van der Waals surface area contributed by atoms with Crippen LogP contribution in [0.3, 0.4) is 0 Å². The van der Waals surface area contributed by atoms with Crippen molar-refractivity contribution in [3.63, 3.8) is 0 Å². The predicted octanol–water partition coefficient (Wildman–Crippen LogP) is 3.70. The highest BCUT2D eigenvalue weighted by molar-refractivity contribution is 9.10. The SMILES string of the molecule is COC(=O)c1c(C)ccc2cccc(Br)c12. The molecule has 2 nitrogen and oxygen atoms in total. The largest absolute Gasteiger partial charge is 0.465 e. The fourth-order valence-corrected chi connectivity index (χ4v) is 2.38. The maximum absolute atomic E-state index is 11.8. The zero-order chi connectivity index (χ0) is 11.7. The second kappa shape index (κ2) is 4.26. The summed E-state index contributed by atoms with van der Waals surface area (Å²) in [4.78, 5) is 11.8. The van der Waals surface area contributed by atoms with E-state index in [0.717, 1.165) is 20.8 Å². The molecule has 2 rings (SSSR count). The van der Waals surface area contributed by atoms with Gasteiger partial charge in [0.25, 0.3) is 0 Å². The molecule has 0 unspecified atom stereocenters. The van der Waals surface area contributed by atoms with Gasteiger partial charge in [-0.25, -0.2) is 4.79 Å². The number of hydrogen-bond acceptors (Lipinski definition) is 2. The van der Waals surface area contributed by atoms with Crippen molar-refractivity contribution in [3.05, 3.63) is 45.9 Å². The van der Waals surface area contributed by atoms with Crippen LogP contribution in [0.1, 0.15) is 15.9 Å². The highest BCUT2D eigenvalue weighted by Gasteiger charge is 2.15. The number of benzene rings is 2. The topological polar surface area (TPSA) is 26.3 Å². The molecule has 0 spiro atoms. The average molecular weight is 279 g/mol. The molecule has 0 fully saturated rings. The van der Waals surface area contributed by atoms with Gasteiger partial charge in [0.15, 0.2) is 0 Å². The normalized spacial score (nSPS) is 10.4. The number of carbonyl (C=O) groups excluding carboxylic acids is 1. The molecule has 0 N–H and O–H groups in total. The highest BCUT2D eigenvalue weighted by Crippen LogP contribution is 2.29. The van der Waals surface area contributed by atoms with Crippen molar-refractivity contribution in [1.29, 1.82) is 0 Å². The predicted molar refractivity (Wildman–Crippen MR) is 67.7 cm³/mol. The number of carbonyl (C=O) groups is 1. The Kier molecular flexibility index (Phi) is 2.97. The van der Waals surface area contributed by atoms with E-state index in [2.05, 4.69) is 15.9 Å². The van der Waals surface area contributed by atoms with Crippen LogP contribution in [0.2, 0.25) is 0 Å². The number of aryl methyl sites for hydroxylation is 1. The minimum Gasteiger partial charge on any atom is -0.465 e. The number of ether oxygens (including phenoxy) is 1. The summed E-state index contributed by atoms with van der Waals surface area (Å²) in [5, 5.41) is 1.94. The van der Waals surface area contributed by atoms with Gasteiger partial charge in [-0.3, -0.25) is 0 Å². The van der Waals surface area contributed by atoms with Gasteiger partial charge in [-0.1, -0.05) is 40.2 Å². The third-order valence-electron chi connectivity index (χ3n) is 2.59. The molecule has 2 aromatic rings. The van der Waals surface area contributed by atoms with Gasteiger partial charge in [-0.05, 0) is 23.9 Å². The molecule has 0 aromatic heterocycles.